The van der Waals surface area contributed by atoms with Crippen LogP contribution in [0.5, 0.6) is 0 Å². The molecule has 100 valence electrons. The molecule has 0 unspecified atom stereocenters. The highest BCUT2D eigenvalue weighted by atomic mass is 16.8. The summed E-state index contributed by atoms with van der Waals surface area (Å²) < 4.78 is 10.5. The van der Waals surface area contributed by atoms with Gasteiger partial charge in [0.1, 0.15) is 6.04 Å². The summed E-state index contributed by atoms with van der Waals surface area (Å²) in [7, 11) is 1.77. The minimum atomic E-state index is -1.38. The number of benzene rings is 1. The van der Waals surface area contributed by atoms with Crippen LogP contribution < -0.4 is 5.32 Å². The lowest BCUT2D eigenvalue weighted by atomic mass is 10.0. The number of piperazine rings is 1. The van der Waals surface area contributed by atoms with E-state index >= 15 is 0 Å². The number of carbonyl (C=O) groups is 2. The molecule has 2 fully saturated rings. The molecule has 2 aliphatic rings. The van der Waals surface area contributed by atoms with E-state index in [-0.39, 0.29) is 0 Å². The molecule has 1 atom stereocenters. The van der Waals surface area contributed by atoms with E-state index in [9.17, 15) is 9.59 Å². The normalized spacial score (nSPS) is 26.3. The molecule has 1 aromatic rings. The second-order valence-corrected chi connectivity index (χ2v) is 4.63. The first kappa shape index (κ1) is 12.1. The molecule has 0 saturated carbocycles. The Bertz CT molecular complexity index is 501. The van der Waals surface area contributed by atoms with E-state index in [0.717, 1.165) is 5.56 Å². The van der Waals surface area contributed by atoms with Gasteiger partial charge in [-0.05, 0) is 12.6 Å². The van der Waals surface area contributed by atoms with Crippen molar-refractivity contribution in [1.82, 2.24) is 10.2 Å². The van der Waals surface area contributed by atoms with Gasteiger partial charge in [0.05, 0.1) is 0 Å². The highest BCUT2D eigenvalue weighted by molar-refractivity contribution is 6.31. The number of nitrogens with zero attached hydrogens (tertiary/aromatic N) is 1. The highest BCUT2D eigenvalue weighted by Crippen LogP contribution is 2.38. The first-order valence-corrected chi connectivity index (χ1v) is 6.09. The van der Waals surface area contributed by atoms with Crippen LogP contribution in [0.4, 0.5) is 0 Å². The number of carbonyl (C=O) groups excluding carboxylic acids is 2. The molecule has 0 radical (unpaired) electrons. The molecule has 1 N–H and O–H groups in total. The van der Waals surface area contributed by atoms with Crippen LogP contribution in [0.15, 0.2) is 30.3 Å². The van der Waals surface area contributed by atoms with Crippen molar-refractivity contribution in [2.75, 3.05) is 20.1 Å². The molecule has 2 heterocycles. The van der Waals surface area contributed by atoms with Gasteiger partial charge < -0.3 is 14.8 Å². The van der Waals surface area contributed by atoms with Gasteiger partial charge in [-0.3, -0.25) is 0 Å². The third-order valence-corrected chi connectivity index (χ3v) is 3.47. The fraction of sp³-hybridized carbons (Fsp3) is 0.385. The largest absolute Gasteiger partial charge is 0.421 e. The predicted molar refractivity (Wildman–Crippen MR) is 64.7 cm³/mol. The minimum absolute atomic E-state index is 0.400. The van der Waals surface area contributed by atoms with Crippen LogP contribution in [0.2, 0.25) is 0 Å². The molecule has 2 aliphatic heterocycles. The molecular weight excluding hydrogens is 248 g/mol. The Labute approximate surface area is 110 Å². The SMILES string of the molecule is CN1CCN[C@@H](c2ccccc2)C12OC(=O)C(=O)O2. The van der Waals surface area contributed by atoms with Crippen molar-refractivity contribution in [2.24, 2.45) is 0 Å². The van der Waals surface area contributed by atoms with E-state index in [4.69, 9.17) is 9.47 Å². The molecule has 1 spiro atoms. The Balaban J connectivity index is 2.02. The summed E-state index contributed by atoms with van der Waals surface area (Å²) in [6, 6.07) is 9.07. The zero-order valence-electron chi connectivity index (χ0n) is 10.5. The lowest BCUT2D eigenvalue weighted by Gasteiger charge is -2.44. The first-order chi connectivity index (χ1) is 9.13. The molecule has 0 aromatic heterocycles. The van der Waals surface area contributed by atoms with Crippen LogP contribution in [-0.4, -0.2) is 42.9 Å². The van der Waals surface area contributed by atoms with Gasteiger partial charge in [0.15, 0.2) is 0 Å². The second-order valence-electron chi connectivity index (χ2n) is 4.63. The molecule has 0 bridgehead atoms. The predicted octanol–water partition coefficient (Wildman–Crippen LogP) is 0.0165. The maximum Gasteiger partial charge on any atom is 0.421 e. The number of ether oxygens (including phenoxy) is 2. The summed E-state index contributed by atoms with van der Waals surface area (Å²) in [5.41, 5.74) is 0.900. The van der Waals surface area contributed by atoms with E-state index in [1.54, 1.807) is 11.9 Å². The van der Waals surface area contributed by atoms with Crippen molar-refractivity contribution >= 4 is 11.9 Å². The average molecular weight is 262 g/mol. The number of hydrogen-bond acceptors (Lipinski definition) is 6. The van der Waals surface area contributed by atoms with Crippen LogP contribution in [0.3, 0.4) is 0 Å². The summed E-state index contributed by atoms with van der Waals surface area (Å²) in [4.78, 5) is 24.6. The van der Waals surface area contributed by atoms with E-state index in [2.05, 4.69) is 5.32 Å². The standard InChI is InChI=1S/C13H14N2O4/c1-15-8-7-14-10(9-5-3-2-4-6-9)13(15)18-11(16)12(17)19-13/h2-6,10,14H,7-8H2,1H3/t10-/m0/s1. The monoisotopic (exact) mass is 262 g/mol. The first-order valence-electron chi connectivity index (χ1n) is 6.09. The molecular formula is C13H14N2O4. The van der Waals surface area contributed by atoms with Crippen LogP contribution in [0, 0.1) is 0 Å². The molecule has 19 heavy (non-hydrogen) atoms. The van der Waals surface area contributed by atoms with E-state index in [1.165, 1.54) is 0 Å². The molecule has 0 amide bonds. The Morgan fingerprint density at radius 3 is 2.47 bits per heavy atom. The number of rotatable bonds is 1. The summed E-state index contributed by atoms with van der Waals surface area (Å²) in [6.45, 7) is 1.33. The van der Waals surface area contributed by atoms with Gasteiger partial charge >= 0.3 is 17.8 Å². The van der Waals surface area contributed by atoms with Crippen LogP contribution in [0.25, 0.3) is 0 Å². The third-order valence-electron chi connectivity index (χ3n) is 3.47. The molecule has 6 heteroatoms. The van der Waals surface area contributed by atoms with Gasteiger partial charge in [-0.25, -0.2) is 14.5 Å². The third kappa shape index (κ3) is 1.80. The van der Waals surface area contributed by atoms with Crippen molar-refractivity contribution in [2.45, 2.75) is 12.0 Å². The zero-order valence-corrected chi connectivity index (χ0v) is 10.5. The lowest BCUT2D eigenvalue weighted by Crippen LogP contribution is -2.62. The van der Waals surface area contributed by atoms with Crippen molar-refractivity contribution in [3.63, 3.8) is 0 Å². The summed E-state index contributed by atoms with van der Waals surface area (Å²) in [5, 5.41) is 3.24. The fourth-order valence-electron chi connectivity index (χ4n) is 2.50. The topological polar surface area (TPSA) is 67.9 Å². The smallest absolute Gasteiger partial charge is 0.398 e. The Morgan fingerprint density at radius 1 is 1.21 bits per heavy atom. The summed E-state index contributed by atoms with van der Waals surface area (Å²) in [6.07, 6.45) is 0. The van der Waals surface area contributed by atoms with Gasteiger partial charge in [0.25, 0.3) is 0 Å². The number of hydrogen-bond donors (Lipinski definition) is 1. The Kier molecular flexibility index (Phi) is 2.76. The van der Waals surface area contributed by atoms with Crippen LogP contribution in [0.1, 0.15) is 11.6 Å². The van der Waals surface area contributed by atoms with Crippen molar-refractivity contribution < 1.29 is 19.1 Å². The van der Waals surface area contributed by atoms with E-state index < -0.39 is 23.9 Å². The van der Waals surface area contributed by atoms with Gasteiger partial charge in [-0.1, -0.05) is 30.3 Å². The van der Waals surface area contributed by atoms with E-state index in [1.807, 2.05) is 30.3 Å². The van der Waals surface area contributed by atoms with Crippen LogP contribution in [-0.2, 0) is 19.1 Å². The summed E-state index contributed by atoms with van der Waals surface area (Å²) >= 11 is 0. The fourth-order valence-corrected chi connectivity index (χ4v) is 2.50. The molecule has 1 aromatic carbocycles. The summed E-state index contributed by atoms with van der Waals surface area (Å²) in [5.74, 6) is -3.28. The quantitative estimate of drug-likeness (QED) is 0.568. The molecule has 6 nitrogen and oxygen atoms in total. The van der Waals surface area contributed by atoms with Crippen LogP contribution >= 0.6 is 0 Å². The minimum Gasteiger partial charge on any atom is -0.398 e. The van der Waals surface area contributed by atoms with Gasteiger partial charge in [-0.2, -0.15) is 0 Å². The van der Waals surface area contributed by atoms with Crippen molar-refractivity contribution in [3.05, 3.63) is 35.9 Å². The van der Waals surface area contributed by atoms with Crippen molar-refractivity contribution in [3.8, 4) is 0 Å². The number of likely N-dealkylation sites (N-methyl/N-ethyl adjacent to an activating group) is 1. The Morgan fingerprint density at radius 2 is 1.84 bits per heavy atom. The highest BCUT2D eigenvalue weighted by Gasteiger charge is 2.59. The maximum atomic E-state index is 11.4. The van der Waals surface area contributed by atoms with Crippen molar-refractivity contribution in [1.29, 1.82) is 0 Å². The number of nitrogens with one attached hydrogen (secondary N) is 1. The number of esters is 2. The average Bonchev–Trinajstić information content (AvgIpc) is 2.71. The molecule has 2 saturated heterocycles. The van der Waals surface area contributed by atoms with Gasteiger partial charge in [0.2, 0.25) is 0 Å². The Hall–Kier alpha value is -1.92. The molecule has 3 rings (SSSR count). The molecule has 0 aliphatic carbocycles. The zero-order chi connectivity index (χ0) is 13.5. The maximum absolute atomic E-state index is 11.4. The van der Waals surface area contributed by atoms with Gasteiger partial charge in [-0.15, -0.1) is 0 Å². The van der Waals surface area contributed by atoms with E-state index in [0.29, 0.717) is 13.1 Å². The van der Waals surface area contributed by atoms with Gasteiger partial charge in [0, 0.05) is 13.1 Å². The lowest BCUT2D eigenvalue weighted by molar-refractivity contribution is -0.270. The second kappa shape index (κ2) is 4.32.